The van der Waals surface area contributed by atoms with Crippen LogP contribution in [0, 0.1) is 6.92 Å². The average Bonchev–Trinajstić information content (AvgIpc) is 2.20. The zero-order chi connectivity index (χ0) is 10.6. The summed E-state index contributed by atoms with van der Waals surface area (Å²) in [5.74, 6) is 5.19. The maximum Gasteiger partial charge on any atom is 0.274 e. The number of hydrogen-bond donors (Lipinski definition) is 2. The molecule has 0 bridgehead atoms. The Morgan fingerprint density at radius 1 is 1.71 bits per heavy atom. The molecule has 1 rings (SSSR count). The lowest BCUT2D eigenvalue weighted by Crippen LogP contribution is -2.40. The normalized spacial score (nSPS) is 11.9. The Hall–Kier alpha value is -1.62. The SMILES string of the molecule is Cc1ncccc1OC(C)C(=O)NN. The first-order chi connectivity index (χ1) is 6.65. The number of nitrogens with zero attached hydrogens (tertiary/aromatic N) is 1. The minimum atomic E-state index is -0.622. The lowest BCUT2D eigenvalue weighted by atomic mass is 10.3. The molecular formula is C9H13N3O2. The number of aryl methyl sites for hydroxylation is 1. The summed E-state index contributed by atoms with van der Waals surface area (Å²) >= 11 is 0. The van der Waals surface area contributed by atoms with Crippen molar-refractivity contribution in [1.82, 2.24) is 10.4 Å². The molecule has 76 valence electrons. The predicted octanol–water partition coefficient (Wildman–Crippen LogP) is 0.147. The first kappa shape index (κ1) is 10.5. The van der Waals surface area contributed by atoms with Crippen LogP contribution in [0.2, 0.25) is 0 Å². The smallest absolute Gasteiger partial charge is 0.274 e. The molecule has 5 heteroatoms. The first-order valence-corrected chi connectivity index (χ1v) is 4.24. The third-order valence-corrected chi connectivity index (χ3v) is 1.77. The number of carbonyl (C=O) groups is 1. The van der Waals surface area contributed by atoms with Gasteiger partial charge in [-0.3, -0.25) is 15.2 Å². The number of carbonyl (C=O) groups excluding carboxylic acids is 1. The van der Waals surface area contributed by atoms with Crippen LogP contribution in [0.1, 0.15) is 12.6 Å². The molecule has 1 unspecified atom stereocenters. The molecule has 1 amide bonds. The number of hydrazine groups is 1. The van der Waals surface area contributed by atoms with Crippen molar-refractivity contribution in [1.29, 1.82) is 0 Å². The van der Waals surface area contributed by atoms with Crippen molar-refractivity contribution in [2.75, 3.05) is 0 Å². The number of aromatic nitrogens is 1. The Morgan fingerprint density at radius 2 is 2.43 bits per heavy atom. The van der Waals surface area contributed by atoms with E-state index in [1.807, 2.05) is 12.3 Å². The van der Waals surface area contributed by atoms with Gasteiger partial charge in [-0.1, -0.05) is 0 Å². The van der Waals surface area contributed by atoms with Crippen LogP contribution in [-0.2, 0) is 4.79 Å². The topological polar surface area (TPSA) is 77.2 Å². The van der Waals surface area contributed by atoms with Crippen molar-refractivity contribution in [2.24, 2.45) is 5.84 Å². The maximum atomic E-state index is 11.0. The van der Waals surface area contributed by atoms with E-state index in [-0.39, 0.29) is 5.91 Å². The number of amides is 1. The summed E-state index contributed by atoms with van der Waals surface area (Å²) in [4.78, 5) is 15.1. The van der Waals surface area contributed by atoms with E-state index >= 15 is 0 Å². The molecule has 3 N–H and O–H groups in total. The van der Waals surface area contributed by atoms with E-state index in [9.17, 15) is 4.79 Å². The Morgan fingerprint density at radius 3 is 3.00 bits per heavy atom. The second-order valence-electron chi connectivity index (χ2n) is 2.86. The Bertz CT molecular complexity index is 328. The van der Waals surface area contributed by atoms with Crippen LogP contribution in [-0.4, -0.2) is 17.0 Å². The summed E-state index contributed by atoms with van der Waals surface area (Å²) in [7, 11) is 0. The Labute approximate surface area is 82.2 Å². The number of hydrogen-bond acceptors (Lipinski definition) is 4. The molecule has 0 radical (unpaired) electrons. The fourth-order valence-electron chi connectivity index (χ4n) is 0.955. The summed E-state index contributed by atoms with van der Waals surface area (Å²) in [5, 5.41) is 0. The Kier molecular flexibility index (Phi) is 3.41. The van der Waals surface area contributed by atoms with Gasteiger partial charge in [-0.2, -0.15) is 0 Å². The molecule has 0 aliphatic rings. The van der Waals surface area contributed by atoms with Crippen molar-refractivity contribution in [3.63, 3.8) is 0 Å². The minimum Gasteiger partial charge on any atom is -0.479 e. The molecule has 5 nitrogen and oxygen atoms in total. The Balaban J connectivity index is 2.69. The molecule has 1 aromatic rings. The van der Waals surface area contributed by atoms with Gasteiger partial charge in [0.15, 0.2) is 6.10 Å². The van der Waals surface area contributed by atoms with E-state index in [0.29, 0.717) is 5.75 Å². The molecule has 1 aromatic heterocycles. The highest BCUT2D eigenvalue weighted by atomic mass is 16.5. The fraction of sp³-hybridized carbons (Fsp3) is 0.333. The monoisotopic (exact) mass is 195 g/mol. The number of pyridine rings is 1. The predicted molar refractivity (Wildman–Crippen MR) is 51.4 cm³/mol. The zero-order valence-electron chi connectivity index (χ0n) is 8.15. The quantitative estimate of drug-likeness (QED) is 0.409. The van der Waals surface area contributed by atoms with Crippen LogP contribution in [0.4, 0.5) is 0 Å². The number of rotatable bonds is 3. The summed E-state index contributed by atoms with van der Waals surface area (Å²) in [5.41, 5.74) is 2.76. The van der Waals surface area contributed by atoms with Gasteiger partial charge in [0.1, 0.15) is 5.75 Å². The molecule has 0 aliphatic heterocycles. The molecule has 0 saturated heterocycles. The summed E-state index contributed by atoms with van der Waals surface area (Å²) in [6.07, 6.45) is 1.04. The average molecular weight is 195 g/mol. The number of ether oxygens (including phenoxy) is 1. The summed E-state index contributed by atoms with van der Waals surface area (Å²) < 4.78 is 5.34. The van der Waals surface area contributed by atoms with Crippen molar-refractivity contribution < 1.29 is 9.53 Å². The second-order valence-corrected chi connectivity index (χ2v) is 2.86. The highest BCUT2D eigenvalue weighted by Gasteiger charge is 2.13. The van der Waals surface area contributed by atoms with E-state index in [0.717, 1.165) is 5.69 Å². The van der Waals surface area contributed by atoms with Crippen LogP contribution in [0.3, 0.4) is 0 Å². The van der Waals surface area contributed by atoms with Gasteiger partial charge in [0, 0.05) is 6.20 Å². The van der Waals surface area contributed by atoms with Gasteiger partial charge in [0.25, 0.3) is 5.91 Å². The lowest BCUT2D eigenvalue weighted by Gasteiger charge is -2.13. The van der Waals surface area contributed by atoms with Crippen molar-refractivity contribution in [3.05, 3.63) is 24.0 Å². The highest BCUT2D eigenvalue weighted by Crippen LogP contribution is 2.15. The molecule has 14 heavy (non-hydrogen) atoms. The van der Waals surface area contributed by atoms with Gasteiger partial charge in [0.05, 0.1) is 5.69 Å². The molecule has 1 atom stereocenters. The van der Waals surface area contributed by atoms with Gasteiger partial charge in [-0.05, 0) is 26.0 Å². The van der Waals surface area contributed by atoms with Crippen molar-refractivity contribution in [3.8, 4) is 5.75 Å². The third-order valence-electron chi connectivity index (χ3n) is 1.77. The molecule has 0 spiro atoms. The molecule has 0 aliphatic carbocycles. The third kappa shape index (κ3) is 2.43. The largest absolute Gasteiger partial charge is 0.479 e. The number of nitrogens with one attached hydrogen (secondary N) is 1. The maximum absolute atomic E-state index is 11.0. The minimum absolute atomic E-state index is 0.367. The van der Waals surface area contributed by atoms with Gasteiger partial charge >= 0.3 is 0 Å². The summed E-state index contributed by atoms with van der Waals surface area (Å²) in [6, 6.07) is 3.50. The van der Waals surface area contributed by atoms with Crippen LogP contribution in [0.15, 0.2) is 18.3 Å². The molecule has 0 aromatic carbocycles. The van der Waals surface area contributed by atoms with E-state index in [2.05, 4.69) is 4.98 Å². The van der Waals surface area contributed by atoms with Crippen LogP contribution in [0.25, 0.3) is 0 Å². The van der Waals surface area contributed by atoms with Crippen LogP contribution < -0.4 is 16.0 Å². The summed E-state index contributed by atoms with van der Waals surface area (Å²) in [6.45, 7) is 3.43. The second kappa shape index (κ2) is 4.57. The van der Waals surface area contributed by atoms with Crippen LogP contribution >= 0.6 is 0 Å². The highest BCUT2D eigenvalue weighted by molar-refractivity contribution is 5.80. The van der Waals surface area contributed by atoms with Crippen molar-refractivity contribution in [2.45, 2.75) is 20.0 Å². The van der Waals surface area contributed by atoms with Crippen molar-refractivity contribution >= 4 is 5.91 Å². The van der Waals surface area contributed by atoms with E-state index in [1.165, 1.54) is 0 Å². The van der Waals surface area contributed by atoms with Gasteiger partial charge in [-0.15, -0.1) is 0 Å². The van der Waals surface area contributed by atoms with Gasteiger partial charge in [0.2, 0.25) is 0 Å². The fourth-order valence-corrected chi connectivity index (χ4v) is 0.955. The van der Waals surface area contributed by atoms with E-state index in [4.69, 9.17) is 10.6 Å². The molecular weight excluding hydrogens is 182 g/mol. The lowest BCUT2D eigenvalue weighted by molar-refractivity contribution is -0.127. The number of nitrogens with two attached hydrogens (primary N) is 1. The van der Waals surface area contributed by atoms with Gasteiger partial charge < -0.3 is 4.74 Å². The van der Waals surface area contributed by atoms with Crippen LogP contribution in [0.5, 0.6) is 5.75 Å². The van der Waals surface area contributed by atoms with Gasteiger partial charge in [-0.25, -0.2) is 5.84 Å². The first-order valence-electron chi connectivity index (χ1n) is 4.24. The van der Waals surface area contributed by atoms with E-state index in [1.54, 1.807) is 25.3 Å². The standard InChI is InChI=1S/C9H13N3O2/c1-6-8(4-3-5-11-6)14-7(2)9(13)12-10/h3-5,7H,10H2,1-2H3,(H,12,13). The van der Waals surface area contributed by atoms with E-state index < -0.39 is 6.10 Å². The zero-order valence-corrected chi connectivity index (χ0v) is 8.15. The molecule has 1 heterocycles. The molecule has 0 saturated carbocycles. The molecule has 0 fully saturated rings.